The quantitative estimate of drug-likeness (QED) is 0.545. The predicted molar refractivity (Wildman–Crippen MR) is 130 cm³/mol. The number of piperidine rings is 1. The zero-order valence-electron chi connectivity index (χ0n) is 19.4. The highest BCUT2D eigenvalue weighted by atomic mass is 16.5. The Morgan fingerprint density at radius 1 is 1.09 bits per heavy atom. The van der Waals surface area contributed by atoms with Crippen LogP contribution in [0.5, 0.6) is 0 Å². The maximum absolute atomic E-state index is 13.1. The van der Waals surface area contributed by atoms with Gasteiger partial charge in [0.05, 0.1) is 18.1 Å². The van der Waals surface area contributed by atoms with E-state index >= 15 is 0 Å². The van der Waals surface area contributed by atoms with Crippen LogP contribution in [-0.2, 0) is 16.1 Å². The molecule has 0 unspecified atom stereocenters. The second kappa shape index (κ2) is 10.4. The third kappa shape index (κ3) is 4.88. The Hall–Kier alpha value is -3.88. The predicted octanol–water partition coefficient (Wildman–Crippen LogP) is 2.60. The molecule has 0 radical (unpaired) electrons. The number of para-hydroxylation sites is 2. The highest BCUT2D eigenvalue weighted by molar-refractivity contribution is 5.84. The van der Waals surface area contributed by atoms with E-state index < -0.39 is 18.0 Å². The Bertz CT molecular complexity index is 1220. The fourth-order valence-corrected chi connectivity index (χ4v) is 4.33. The zero-order chi connectivity index (χ0) is 24.1. The van der Waals surface area contributed by atoms with Crippen molar-refractivity contribution in [3.05, 3.63) is 70.5 Å². The van der Waals surface area contributed by atoms with Crippen LogP contribution < -0.4 is 21.1 Å². The summed E-state index contributed by atoms with van der Waals surface area (Å²) >= 11 is 0. The number of aromatic nitrogens is 2. The minimum Gasteiger partial charge on any atom is -0.467 e. The number of carbonyl (C=O) groups excluding carboxylic acids is 2. The summed E-state index contributed by atoms with van der Waals surface area (Å²) in [5.74, 6) is -0.0935. The summed E-state index contributed by atoms with van der Waals surface area (Å²) in [6, 6.07) is 15.2. The molecule has 2 amide bonds. The van der Waals surface area contributed by atoms with Crippen LogP contribution in [0.2, 0.25) is 0 Å². The maximum Gasteiger partial charge on any atom is 0.333 e. The van der Waals surface area contributed by atoms with Gasteiger partial charge in [0.2, 0.25) is 0 Å². The fourth-order valence-electron chi connectivity index (χ4n) is 4.33. The third-order valence-electron chi connectivity index (χ3n) is 6.13. The Morgan fingerprint density at radius 3 is 2.44 bits per heavy atom. The average Bonchev–Trinajstić information content (AvgIpc) is 2.87. The number of anilines is 1. The Morgan fingerprint density at radius 2 is 1.76 bits per heavy atom. The van der Waals surface area contributed by atoms with E-state index in [1.807, 2.05) is 42.2 Å². The normalized spacial score (nSPS) is 15.1. The van der Waals surface area contributed by atoms with E-state index in [1.54, 1.807) is 28.8 Å². The van der Waals surface area contributed by atoms with Gasteiger partial charge < -0.3 is 24.8 Å². The van der Waals surface area contributed by atoms with Crippen molar-refractivity contribution in [1.29, 1.82) is 0 Å². The molecule has 178 valence electrons. The van der Waals surface area contributed by atoms with Crippen molar-refractivity contribution >= 4 is 28.9 Å². The molecule has 0 aliphatic carbocycles. The molecule has 2 N–H and O–H groups in total. The van der Waals surface area contributed by atoms with Gasteiger partial charge in [0.1, 0.15) is 0 Å². The van der Waals surface area contributed by atoms with Crippen LogP contribution in [0.3, 0.4) is 0 Å². The number of rotatable bonds is 6. The molecular weight excluding hydrogens is 434 g/mol. The number of esters is 1. The first kappa shape index (κ1) is 23.3. The van der Waals surface area contributed by atoms with Gasteiger partial charge in [-0.25, -0.2) is 14.6 Å². The largest absolute Gasteiger partial charge is 0.467 e. The molecule has 9 nitrogen and oxygen atoms in total. The van der Waals surface area contributed by atoms with Gasteiger partial charge in [-0.15, -0.1) is 0 Å². The molecule has 0 bridgehead atoms. The molecule has 2 heterocycles. The summed E-state index contributed by atoms with van der Waals surface area (Å²) in [6.07, 6.45) is 1.31. The van der Waals surface area contributed by atoms with Crippen molar-refractivity contribution in [3.8, 4) is 0 Å². The Kier molecular flexibility index (Phi) is 7.10. The van der Waals surface area contributed by atoms with Crippen LogP contribution in [0.4, 0.5) is 10.6 Å². The van der Waals surface area contributed by atoms with E-state index in [4.69, 9.17) is 4.74 Å². The number of benzene rings is 2. The maximum atomic E-state index is 13.1. The summed E-state index contributed by atoms with van der Waals surface area (Å²) in [5, 5.41) is 5.66. The molecule has 34 heavy (non-hydrogen) atoms. The minimum atomic E-state index is -0.888. The summed E-state index contributed by atoms with van der Waals surface area (Å²) in [4.78, 5) is 44.5. The first-order chi connectivity index (χ1) is 16.5. The number of hydrogen-bond donors (Lipinski definition) is 2. The molecular formula is C25H29N5O4. The van der Waals surface area contributed by atoms with Crippen molar-refractivity contribution in [2.45, 2.75) is 38.4 Å². The van der Waals surface area contributed by atoms with Crippen molar-refractivity contribution in [3.63, 3.8) is 0 Å². The Labute approximate surface area is 197 Å². The molecule has 1 aliphatic rings. The number of ether oxygens (including phenoxy) is 1. The second-order valence-corrected chi connectivity index (χ2v) is 8.22. The van der Waals surface area contributed by atoms with Crippen LogP contribution in [-0.4, -0.2) is 47.8 Å². The molecule has 1 fully saturated rings. The van der Waals surface area contributed by atoms with Gasteiger partial charge in [0.25, 0.3) is 5.56 Å². The van der Waals surface area contributed by atoms with Gasteiger partial charge in [-0.1, -0.05) is 42.5 Å². The molecule has 0 spiro atoms. The lowest BCUT2D eigenvalue weighted by Crippen LogP contribution is -2.50. The van der Waals surface area contributed by atoms with E-state index in [1.165, 1.54) is 7.11 Å². The molecule has 9 heteroatoms. The fraction of sp³-hybridized carbons (Fsp3) is 0.360. The zero-order valence-corrected chi connectivity index (χ0v) is 19.4. The minimum absolute atomic E-state index is 0.0841. The van der Waals surface area contributed by atoms with Crippen LogP contribution in [0.1, 0.15) is 31.4 Å². The van der Waals surface area contributed by atoms with Crippen molar-refractivity contribution < 1.29 is 14.3 Å². The number of nitrogens with zero attached hydrogens (tertiary/aromatic N) is 3. The average molecular weight is 464 g/mol. The molecule has 0 saturated carbocycles. The topological polar surface area (TPSA) is 106 Å². The Balaban J connectivity index is 1.40. The van der Waals surface area contributed by atoms with Crippen molar-refractivity contribution in [2.24, 2.45) is 0 Å². The highest BCUT2D eigenvalue weighted by Gasteiger charge is 2.27. The number of carbonyl (C=O) groups is 2. The SMILES string of the molecule is CCn1c(=O)c(N2CCC(NC(=O)N[C@H](C(=O)OC)c3ccccc3)CC2)nc2ccccc21. The van der Waals surface area contributed by atoms with Gasteiger partial charge in [-0.05, 0) is 37.5 Å². The summed E-state index contributed by atoms with van der Waals surface area (Å²) in [5.41, 5.74) is 2.15. The third-order valence-corrected chi connectivity index (χ3v) is 6.13. The smallest absolute Gasteiger partial charge is 0.333 e. The number of aryl methyl sites for hydroxylation is 1. The van der Waals surface area contributed by atoms with Gasteiger partial charge >= 0.3 is 12.0 Å². The molecule has 1 atom stereocenters. The number of methoxy groups -OCH3 is 1. The first-order valence-corrected chi connectivity index (χ1v) is 11.5. The van der Waals surface area contributed by atoms with Crippen molar-refractivity contribution in [1.82, 2.24) is 20.2 Å². The molecule has 1 aromatic heterocycles. The van der Waals surface area contributed by atoms with Crippen molar-refractivity contribution in [2.75, 3.05) is 25.1 Å². The number of amides is 2. The van der Waals surface area contributed by atoms with Crippen LogP contribution in [0, 0.1) is 0 Å². The number of urea groups is 1. The monoisotopic (exact) mass is 463 g/mol. The van der Waals surface area contributed by atoms with Gasteiger partial charge in [0, 0.05) is 25.7 Å². The summed E-state index contributed by atoms with van der Waals surface area (Å²) in [6.45, 7) is 3.70. The van der Waals surface area contributed by atoms with E-state index in [9.17, 15) is 14.4 Å². The van der Waals surface area contributed by atoms with Crippen LogP contribution >= 0.6 is 0 Å². The van der Waals surface area contributed by atoms with Crippen LogP contribution in [0.25, 0.3) is 11.0 Å². The standard InChI is InChI=1S/C25H29N5O4/c1-3-30-20-12-8-7-11-19(20)27-22(23(30)31)29-15-13-18(14-16-29)26-25(33)28-21(24(32)34-2)17-9-5-4-6-10-17/h4-12,18,21H,3,13-16H2,1-2H3,(H2,26,28,33)/t21-/m0/s1. The lowest BCUT2D eigenvalue weighted by atomic mass is 10.0. The number of hydrogen-bond acceptors (Lipinski definition) is 6. The van der Waals surface area contributed by atoms with E-state index in [0.717, 1.165) is 11.0 Å². The van der Waals surface area contributed by atoms with Gasteiger partial charge in [-0.3, -0.25) is 4.79 Å². The summed E-state index contributed by atoms with van der Waals surface area (Å²) < 4.78 is 6.60. The van der Waals surface area contributed by atoms with E-state index in [2.05, 4.69) is 15.6 Å². The number of fused-ring (bicyclic) bond motifs is 1. The molecule has 4 rings (SSSR count). The molecule has 1 aliphatic heterocycles. The number of nitrogens with one attached hydrogen (secondary N) is 2. The van der Waals surface area contributed by atoms with Gasteiger partial charge in [0.15, 0.2) is 11.9 Å². The first-order valence-electron chi connectivity index (χ1n) is 11.5. The van der Waals surface area contributed by atoms with Gasteiger partial charge in [-0.2, -0.15) is 0 Å². The molecule has 2 aromatic carbocycles. The van der Waals surface area contributed by atoms with E-state index in [-0.39, 0.29) is 11.6 Å². The summed E-state index contributed by atoms with van der Waals surface area (Å²) in [7, 11) is 1.29. The highest BCUT2D eigenvalue weighted by Crippen LogP contribution is 2.19. The lowest BCUT2D eigenvalue weighted by Gasteiger charge is -2.33. The van der Waals surface area contributed by atoms with Crippen LogP contribution in [0.15, 0.2) is 59.4 Å². The molecule has 3 aromatic rings. The molecule has 1 saturated heterocycles. The lowest BCUT2D eigenvalue weighted by molar-refractivity contribution is -0.143. The second-order valence-electron chi connectivity index (χ2n) is 8.22. The van der Waals surface area contributed by atoms with E-state index in [0.29, 0.717) is 43.9 Å².